The van der Waals surface area contributed by atoms with Crippen molar-refractivity contribution in [3.63, 3.8) is 0 Å². The van der Waals surface area contributed by atoms with E-state index >= 15 is 0 Å². The Bertz CT molecular complexity index is 519. The van der Waals surface area contributed by atoms with Gasteiger partial charge in [-0.15, -0.1) is 0 Å². The van der Waals surface area contributed by atoms with E-state index in [1.807, 2.05) is 0 Å². The first-order valence-electron chi connectivity index (χ1n) is 7.01. The SMILES string of the molecule is O=C(O)c1ccc(C(=O)N2CCC(N3CCCC3)C2)o1. The minimum atomic E-state index is -1.15. The summed E-state index contributed by atoms with van der Waals surface area (Å²) in [7, 11) is 0. The number of nitrogens with zero attached hydrogens (tertiary/aromatic N) is 2. The smallest absolute Gasteiger partial charge is 0.371 e. The van der Waals surface area contributed by atoms with Gasteiger partial charge in [0.15, 0.2) is 5.76 Å². The Hall–Kier alpha value is -1.82. The fourth-order valence-corrected chi connectivity index (χ4v) is 3.05. The number of carbonyl (C=O) groups excluding carboxylic acids is 1. The molecule has 2 fully saturated rings. The van der Waals surface area contributed by atoms with Crippen molar-refractivity contribution in [3.8, 4) is 0 Å². The maximum atomic E-state index is 12.3. The molecule has 6 nitrogen and oxygen atoms in total. The molecule has 0 radical (unpaired) electrons. The molecule has 2 aliphatic heterocycles. The molecule has 1 amide bonds. The third-order valence-corrected chi connectivity index (χ3v) is 4.14. The Labute approximate surface area is 117 Å². The van der Waals surface area contributed by atoms with Gasteiger partial charge in [0, 0.05) is 19.1 Å². The van der Waals surface area contributed by atoms with E-state index in [1.165, 1.54) is 25.0 Å². The summed E-state index contributed by atoms with van der Waals surface area (Å²) in [6.45, 7) is 3.66. The lowest BCUT2D eigenvalue weighted by Crippen LogP contribution is -2.37. The molecule has 1 aromatic heterocycles. The van der Waals surface area contributed by atoms with Crippen molar-refractivity contribution in [2.75, 3.05) is 26.2 Å². The molecule has 6 heteroatoms. The summed E-state index contributed by atoms with van der Waals surface area (Å²) in [5.41, 5.74) is 0. The number of likely N-dealkylation sites (tertiary alicyclic amines) is 2. The van der Waals surface area contributed by atoms with Crippen LogP contribution in [0.1, 0.15) is 40.4 Å². The van der Waals surface area contributed by atoms with E-state index in [1.54, 1.807) is 4.90 Å². The summed E-state index contributed by atoms with van der Waals surface area (Å²) in [5, 5.41) is 8.81. The quantitative estimate of drug-likeness (QED) is 0.901. The van der Waals surface area contributed by atoms with Gasteiger partial charge in [-0.3, -0.25) is 9.69 Å². The van der Waals surface area contributed by atoms with Crippen LogP contribution in [0.4, 0.5) is 0 Å². The highest BCUT2D eigenvalue weighted by atomic mass is 16.4. The monoisotopic (exact) mass is 278 g/mol. The van der Waals surface area contributed by atoms with Gasteiger partial charge >= 0.3 is 5.97 Å². The largest absolute Gasteiger partial charge is 0.475 e. The van der Waals surface area contributed by atoms with Gasteiger partial charge in [-0.1, -0.05) is 0 Å². The zero-order valence-electron chi connectivity index (χ0n) is 11.2. The van der Waals surface area contributed by atoms with Gasteiger partial charge < -0.3 is 14.4 Å². The number of hydrogen-bond donors (Lipinski definition) is 1. The van der Waals surface area contributed by atoms with Gasteiger partial charge in [0.25, 0.3) is 5.91 Å². The summed E-state index contributed by atoms with van der Waals surface area (Å²) in [4.78, 5) is 27.2. The Kier molecular flexibility index (Phi) is 3.48. The molecular formula is C14H18N2O4. The number of amides is 1. The summed E-state index contributed by atoms with van der Waals surface area (Å²) >= 11 is 0. The van der Waals surface area contributed by atoms with Crippen molar-refractivity contribution in [2.45, 2.75) is 25.3 Å². The molecule has 2 aliphatic rings. The molecule has 0 bridgehead atoms. The highest BCUT2D eigenvalue weighted by Crippen LogP contribution is 2.22. The molecule has 20 heavy (non-hydrogen) atoms. The minimum absolute atomic E-state index is 0.115. The Morgan fingerprint density at radius 1 is 1.15 bits per heavy atom. The highest BCUT2D eigenvalue weighted by Gasteiger charge is 2.33. The van der Waals surface area contributed by atoms with E-state index < -0.39 is 5.97 Å². The lowest BCUT2D eigenvalue weighted by molar-refractivity contribution is 0.0652. The summed E-state index contributed by atoms with van der Waals surface area (Å²) in [5.74, 6) is -1.44. The fraction of sp³-hybridized carbons (Fsp3) is 0.571. The molecule has 1 atom stereocenters. The molecule has 0 saturated carbocycles. The average molecular weight is 278 g/mol. The van der Waals surface area contributed by atoms with Crippen LogP contribution in [0.3, 0.4) is 0 Å². The molecule has 2 saturated heterocycles. The molecule has 0 spiro atoms. The van der Waals surface area contributed by atoms with Crippen LogP contribution in [0.15, 0.2) is 16.5 Å². The van der Waals surface area contributed by atoms with Crippen LogP contribution in [0.2, 0.25) is 0 Å². The molecule has 0 aromatic carbocycles. The molecule has 3 heterocycles. The molecule has 0 aliphatic carbocycles. The minimum Gasteiger partial charge on any atom is -0.475 e. The second kappa shape index (κ2) is 5.28. The molecule has 1 N–H and O–H groups in total. The van der Waals surface area contributed by atoms with E-state index in [9.17, 15) is 9.59 Å². The first kappa shape index (κ1) is 13.2. The van der Waals surface area contributed by atoms with E-state index in [0.717, 1.165) is 19.5 Å². The lowest BCUT2D eigenvalue weighted by Gasteiger charge is -2.23. The number of carbonyl (C=O) groups is 2. The Morgan fingerprint density at radius 3 is 2.50 bits per heavy atom. The number of rotatable bonds is 3. The molecule has 108 valence electrons. The van der Waals surface area contributed by atoms with E-state index in [2.05, 4.69) is 4.90 Å². The Balaban J connectivity index is 1.64. The van der Waals surface area contributed by atoms with Gasteiger partial charge in [-0.2, -0.15) is 0 Å². The van der Waals surface area contributed by atoms with Gasteiger partial charge in [0.1, 0.15) is 0 Å². The maximum Gasteiger partial charge on any atom is 0.371 e. The third kappa shape index (κ3) is 2.43. The van der Waals surface area contributed by atoms with E-state index in [4.69, 9.17) is 9.52 Å². The van der Waals surface area contributed by atoms with Crippen molar-refractivity contribution in [1.29, 1.82) is 0 Å². The van der Waals surface area contributed by atoms with Crippen molar-refractivity contribution >= 4 is 11.9 Å². The number of aromatic carboxylic acids is 1. The summed E-state index contributed by atoms with van der Waals surface area (Å²) in [6, 6.07) is 3.20. The van der Waals surface area contributed by atoms with Gasteiger partial charge in [0.05, 0.1) is 0 Å². The molecular weight excluding hydrogens is 260 g/mol. The first-order valence-corrected chi connectivity index (χ1v) is 7.01. The van der Waals surface area contributed by atoms with Crippen LogP contribution in [0.5, 0.6) is 0 Å². The van der Waals surface area contributed by atoms with Crippen LogP contribution < -0.4 is 0 Å². The van der Waals surface area contributed by atoms with Crippen molar-refractivity contribution < 1.29 is 19.1 Å². The van der Waals surface area contributed by atoms with Crippen LogP contribution in [0.25, 0.3) is 0 Å². The molecule has 3 rings (SSSR count). The average Bonchev–Trinajstić information content (AvgIpc) is 3.17. The van der Waals surface area contributed by atoms with E-state index in [0.29, 0.717) is 19.1 Å². The standard InChI is InChI=1S/C14H18N2O4/c17-13(11-3-4-12(20-11)14(18)19)16-8-5-10(9-16)15-6-1-2-7-15/h3-4,10H,1-2,5-9H2,(H,18,19). The first-order chi connectivity index (χ1) is 9.65. The van der Waals surface area contributed by atoms with Crippen molar-refractivity contribution in [1.82, 2.24) is 9.80 Å². The predicted molar refractivity (Wildman–Crippen MR) is 70.8 cm³/mol. The molecule has 1 unspecified atom stereocenters. The second-order valence-electron chi connectivity index (χ2n) is 5.41. The van der Waals surface area contributed by atoms with Gasteiger partial charge in [-0.05, 0) is 44.5 Å². The third-order valence-electron chi connectivity index (χ3n) is 4.14. The number of furan rings is 1. The van der Waals surface area contributed by atoms with Crippen LogP contribution >= 0.6 is 0 Å². The van der Waals surface area contributed by atoms with Crippen molar-refractivity contribution in [2.24, 2.45) is 0 Å². The zero-order chi connectivity index (χ0) is 14.1. The summed E-state index contributed by atoms with van der Waals surface area (Å²) < 4.78 is 5.08. The Morgan fingerprint density at radius 2 is 1.85 bits per heavy atom. The zero-order valence-corrected chi connectivity index (χ0v) is 11.2. The van der Waals surface area contributed by atoms with Gasteiger partial charge in [0.2, 0.25) is 5.76 Å². The van der Waals surface area contributed by atoms with Crippen LogP contribution in [0, 0.1) is 0 Å². The number of hydrogen-bond acceptors (Lipinski definition) is 4. The normalized spacial score (nSPS) is 23.4. The number of carboxylic acids is 1. The van der Waals surface area contributed by atoms with E-state index in [-0.39, 0.29) is 17.4 Å². The highest BCUT2D eigenvalue weighted by molar-refractivity contribution is 5.93. The lowest BCUT2D eigenvalue weighted by atomic mass is 10.2. The number of carboxylic acid groups (broad SMARTS) is 1. The molecule has 1 aromatic rings. The van der Waals surface area contributed by atoms with Crippen LogP contribution in [-0.2, 0) is 0 Å². The van der Waals surface area contributed by atoms with Crippen LogP contribution in [-0.4, -0.2) is 59.0 Å². The summed E-state index contributed by atoms with van der Waals surface area (Å²) in [6.07, 6.45) is 3.47. The van der Waals surface area contributed by atoms with Gasteiger partial charge in [-0.25, -0.2) is 4.79 Å². The topological polar surface area (TPSA) is 74.0 Å². The van der Waals surface area contributed by atoms with Crippen molar-refractivity contribution in [3.05, 3.63) is 23.7 Å². The maximum absolute atomic E-state index is 12.3. The fourth-order valence-electron chi connectivity index (χ4n) is 3.05. The predicted octanol–water partition coefficient (Wildman–Crippen LogP) is 1.29. The second-order valence-corrected chi connectivity index (χ2v) is 5.41.